The summed E-state index contributed by atoms with van der Waals surface area (Å²) in [7, 11) is 0. The van der Waals surface area contributed by atoms with Gasteiger partial charge in [-0.3, -0.25) is 9.80 Å². The number of nitrogens with zero attached hydrogens (tertiary/aromatic N) is 6. The molecule has 0 amide bonds. The van der Waals surface area contributed by atoms with Gasteiger partial charge in [-0.05, 0) is 33.9 Å². The van der Waals surface area contributed by atoms with Crippen LogP contribution in [0.15, 0.2) is 60.7 Å². The van der Waals surface area contributed by atoms with Crippen molar-refractivity contribution in [1.29, 1.82) is 0 Å². The van der Waals surface area contributed by atoms with Crippen molar-refractivity contribution in [1.82, 2.24) is 30.0 Å². The Labute approximate surface area is 179 Å². The monoisotopic (exact) mass is 404 g/mol. The highest BCUT2D eigenvalue weighted by Crippen LogP contribution is 2.28. The number of hydrogen-bond donors (Lipinski definition) is 0. The van der Waals surface area contributed by atoms with Crippen LogP contribution < -0.4 is 0 Å². The fourth-order valence-corrected chi connectivity index (χ4v) is 4.26. The maximum Gasteiger partial charge on any atom is 0.168 e. The molecule has 0 N–H and O–H groups in total. The van der Waals surface area contributed by atoms with Crippen molar-refractivity contribution in [2.75, 3.05) is 26.2 Å². The third-order valence-electron chi connectivity index (χ3n) is 5.82. The van der Waals surface area contributed by atoms with Gasteiger partial charge in [0.25, 0.3) is 0 Å². The second-order valence-electron chi connectivity index (χ2n) is 8.62. The van der Waals surface area contributed by atoms with E-state index >= 15 is 0 Å². The summed E-state index contributed by atoms with van der Waals surface area (Å²) in [6, 6.07) is 21.4. The summed E-state index contributed by atoms with van der Waals surface area (Å²) in [5, 5.41) is 12.8. The Kier molecular flexibility index (Phi) is 6.87. The Morgan fingerprint density at radius 1 is 0.800 bits per heavy atom. The van der Waals surface area contributed by atoms with Crippen LogP contribution in [0.4, 0.5) is 0 Å². The van der Waals surface area contributed by atoms with Gasteiger partial charge in [0.05, 0.1) is 12.6 Å². The number of benzene rings is 2. The first-order chi connectivity index (χ1) is 14.7. The largest absolute Gasteiger partial charge is 0.297 e. The Bertz CT molecular complexity index is 884. The minimum atomic E-state index is 0.252. The van der Waals surface area contributed by atoms with Crippen LogP contribution in [-0.2, 0) is 13.1 Å². The second-order valence-corrected chi connectivity index (χ2v) is 8.62. The van der Waals surface area contributed by atoms with Gasteiger partial charge in [0.15, 0.2) is 5.82 Å². The van der Waals surface area contributed by atoms with Gasteiger partial charge in [-0.15, -0.1) is 5.10 Å². The predicted molar refractivity (Wildman–Crippen MR) is 119 cm³/mol. The third-order valence-corrected chi connectivity index (χ3v) is 5.82. The Balaban J connectivity index is 1.44. The molecule has 0 spiro atoms. The molecule has 0 saturated carbocycles. The molecule has 1 atom stereocenters. The Morgan fingerprint density at radius 3 is 2.00 bits per heavy atom. The number of tetrazole rings is 1. The van der Waals surface area contributed by atoms with Crippen LogP contribution in [0, 0.1) is 5.92 Å². The highest BCUT2D eigenvalue weighted by atomic mass is 15.6. The minimum Gasteiger partial charge on any atom is -0.297 e. The van der Waals surface area contributed by atoms with E-state index in [9.17, 15) is 0 Å². The van der Waals surface area contributed by atoms with Gasteiger partial charge < -0.3 is 0 Å². The summed E-state index contributed by atoms with van der Waals surface area (Å²) in [6.07, 6.45) is 1.06. The Morgan fingerprint density at radius 2 is 1.40 bits per heavy atom. The average molecular weight is 405 g/mol. The summed E-state index contributed by atoms with van der Waals surface area (Å²) < 4.78 is 1.98. The van der Waals surface area contributed by atoms with Gasteiger partial charge in [0, 0.05) is 32.7 Å². The molecule has 4 rings (SSSR count). The highest BCUT2D eigenvalue weighted by Gasteiger charge is 2.29. The van der Waals surface area contributed by atoms with Crippen LogP contribution >= 0.6 is 0 Å². The molecule has 0 aliphatic carbocycles. The smallest absolute Gasteiger partial charge is 0.168 e. The van der Waals surface area contributed by atoms with E-state index in [1.165, 1.54) is 11.1 Å². The van der Waals surface area contributed by atoms with Gasteiger partial charge in [0.2, 0.25) is 0 Å². The van der Waals surface area contributed by atoms with Gasteiger partial charge in [-0.25, -0.2) is 4.68 Å². The molecule has 158 valence electrons. The van der Waals surface area contributed by atoms with E-state index in [-0.39, 0.29) is 6.04 Å². The lowest BCUT2D eigenvalue weighted by Crippen LogP contribution is -2.48. The standard InChI is InChI=1S/C24H32N6/c1-20(2)17-23(24-25-26-27-30(24)19-22-11-7-4-8-12-22)29-15-13-28(14-16-29)18-21-9-5-3-6-10-21/h3-12,20,23H,13-19H2,1-2H3. The molecule has 3 aromatic rings. The van der Waals surface area contributed by atoms with Crippen LogP contribution in [0.25, 0.3) is 0 Å². The number of piperazine rings is 1. The molecule has 1 saturated heterocycles. The topological polar surface area (TPSA) is 50.1 Å². The molecule has 6 heteroatoms. The SMILES string of the molecule is CC(C)CC(c1nnnn1Cc1ccccc1)N1CCN(Cc2ccccc2)CC1. The number of aromatic nitrogens is 4. The van der Waals surface area contributed by atoms with Crippen LogP contribution in [0.3, 0.4) is 0 Å². The lowest BCUT2D eigenvalue weighted by Gasteiger charge is -2.39. The van der Waals surface area contributed by atoms with Crippen LogP contribution in [0.1, 0.15) is 43.3 Å². The second kappa shape index (κ2) is 9.96. The van der Waals surface area contributed by atoms with Crippen molar-refractivity contribution in [3.8, 4) is 0 Å². The Hall–Kier alpha value is -2.57. The normalized spacial score (nSPS) is 16.8. The molecular formula is C24H32N6. The van der Waals surface area contributed by atoms with Crippen LogP contribution in [-0.4, -0.2) is 56.2 Å². The molecule has 1 unspecified atom stereocenters. The zero-order chi connectivity index (χ0) is 20.8. The van der Waals surface area contributed by atoms with Gasteiger partial charge in [-0.2, -0.15) is 0 Å². The van der Waals surface area contributed by atoms with Gasteiger partial charge in [-0.1, -0.05) is 74.5 Å². The van der Waals surface area contributed by atoms with Gasteiger partial charge in [0.1, 0.15) is 0 Å². The van der Waals surface area contributed by atoms with Crippen LogP contribution in [0.5, 0.6) is 0 Å². The van der Waals surface area contributed by atoms with Crippen molar-refractivity contribution in [2.45, 2.75) is 39.4 Å². The zero-order valence-corrected chi connectivity index (χ0v) is 18.1. The molecule has 1 aliphatic rings. The van der Waals surface area contributed by atoms with E-state index in [2.05, 4.69) is 93.8 Å². The molecule has 1 aliphatic heterocycles. The predicted octanol–water partition coefficient (Wildman–Crippen LogP) is 3.63. The first-order valence-corrected chi connectivity index (χ1v) is 11.0. The number of hydrogen-bond acceptors (Lipinski definition) is 5. The molecule has 0 bridgehead atoms. The lowest BCUT2D eigenvalue weighted by molar-refractivity contribution is 0.0770. The summed E-state index contributed by atoms with van der Waals surface area (Å²) in [5.74, 6) is 1.57. The molecule has 0 radical (unpaired) electrons. The lowest BCUT2D eigenvalue weighted by atomic mass is 10.0. The summed E-state index contributed by atoms with van der Waals surface area (Å²) >= 11 is 0. The van der Waals surface area contributed by atoms with E-state index in [1.807, 2.05) is 10.7 Å². The highest BCUT2D eigenvalue weighted by molar-refractivity contribution is 5.16. The van der Waals surface area contributed by atoms with Crippen molar-refractivity contribution in [2.24, 2.45) is 5.92 Å². The van der Waals surface area contributed by atoms with E-state index in [1.54, 1.807) is 0 Å². The van der Waals surface area contributed by atoms with Crippen molar-refractivity contribution >= 4 is 0 Å². The maximum atomic E-state index is 4.47. The first kappa shape index (κ1) is 20.7. The minimum absolute atomic E-state index is 0.252. The van der Waals surface area contributed by atoms with Crippen molar-refractivity contribution in [3.05, 3.63) is 77.6 Å². The zero-order valence-electron chi connectivity index (χ0n) is 18.1. The summed E-state index contributed by atoms with van der Waals surface area (Å²) in [5.41, 5.74) is 2.61. The van der Waals surface area contributed by atoms with Gasteiger partial charge >= 0.3 is 0 Å². The molecule has 1 aromatic heterocycles. The van der Waals surface area contributed by atoms with E-state index < -0.39 is 0 Å². The van der Waals surface area contributed by atoms with E-state index in [0.717, 1.165) is 45.0 Å². The molecule has 30 heavy (non-hydrogen) atoms. The average Bonchev–Trinajstić information content (AvgIpc) is 3.22. The molecule has 1 fully saturated rings. The molecule has 2 aromatic carbocycles. The maximum absolute atomic E-state index is 4.47. The quantitative estimate of drug-likeness (QED) is 0.574. The first-order valence-electron chi connectivity index (χ1n) is 11.0. The van der Waals surface area contributed by atoms with E-state index in [4.69, 9.17) is 0 Å². The van der Waals surface area contributed by atoms with E-state index in [0.29, 0.717) is 12.5 Å². The molecular weight excluding hydrogens is 372 g/mol. The fourth-order valence-electron chi connectivity index (χ4n) is 4.26. The fraction of sp³-hybridized carbons (Fsp3) is 0.458. The van der Waals surface area contributed by atoms with Crippen molar-refractivity contribution < 1.29 is 0 Å². The molecule has 6 nitrogen and oxygen atoms in total. The summed E-state index contributed by atoms with van der Waals surface area (Å²) in [4.78, 5) is 5.12. The third kappa shape index (κ3) is 5.32. The number of rotatable bonds is 8. The van der Waals surface area contributed by atoms with Crippen LogP contribution in [0.2, 0.25) is 0 Å². The van der Waals surface area contributed by atoms with Crippen molar-refractivity contribution in [3.63, 3.8) is 0 Å². The summed E-state index contributed by atoms with van der Waals surface area (Å²) in [6.45, 7) is 10.5. The molecule has 2 heterocycles.